The summed E-state index contributed by atoms with van der Waals surface area (Å²) in [6, 6.07) is 0. The van der Waals surface area contributed by atoms with Crippen LogP contribution in [0.1, 0.15) is 55.2 Å². The Kier molecular flexibility index (Phi) is 3.11. The molecule has 0 amide bonds. The molecule has 1 heterocycles. The van der Waals surface area contributed by atoms with Gasteiger partial charge in [-0.3, -0.25) is 0 Å². The first-order valence-corrected chi connectivity index (χ1v) is 8.05. The molecule has 0 atom stereocenters. The number of nitrogens with one attached hydrogen (secondary N) is 1. The van der Waals surface area contributed by atoms with Crippen molar-refractivity contribution in [3.05, 3.63) is 17.2 Å². The van der Waals surface area contributed by atoms with Gasteiger partial charge in [0.15, 0.2) is 0 Å². The SMILES string of the molecule is COCc1[nH]c(C2C3CC4CC(C3)CC2C4)nc1CN. The van der Waals surface area contributed by atoms with Crippen LogP contribution in [0.2, 0.25) is 0 Å². The summed E-state index contributed by atoms with van der Waals surface area (Å²) in [5, 5.41) is 0. The molecule has 1 aromatic heterocycles. The van der Waals surface area contributed by atoms with E-state index in [4.69, 9.17) is 15.5 Å². The fourth-order valence-electron chi connectivity index (χ4n) is 5.43. The number of methoxy groups -OCH3 is 1. The van der Waals surface area contributed by atoms with Crippen molar-refractivity contribution in [1.29, 1.82) is 0 Å². The third-order valence-corrected chi connectivity index (χ3v) is 5.91. The van der Waals surface area contributed by atoms with Crippen molar-refractivity contribution in [2.45, 2.75) is 51.2 Å². The second-order valence-electron chi connectivity index (χ2n) is 7.14. The maximum absolute atomic E-state index is 5.83. The fraction of sp³-hybridized carbons (Fsp3) is 0.812. The average Bonchev–Trinajstić information content (AvgIpc) is 2.81. The third kappa shape index (κ3) is 1.92. The molecule has 4 bridgehead atoms. The Bertz CT molecular complexity index is 468. The van der Waals surface area contributed by atoms with E-state index in [2.05, 4.69) is 4.98 Å². The summed E-state index contributed by atoms with van der Waals surface area (Å²) in [7, 11) is 1.73. The van der Waals surface area contributed by atoms with Gasteiger partial charge in [0.1, 0.15) is 5.82 Å². The molecular formula is C16H25N3O. The molecule has 4 fully saturated rings. The summed E-state index contributed by atoms with van der Waals surface area (Å²) in [4.78, 5) is 8.38. The molecule has 5 rings (SSSR count). The lowest BCUT2D eigenvalue weighted by molar-refractivity contribution is -0.00548. The number of ether oxygens (including phenoxy) is 1. The molecule has 0 spiro atoms. The van der Waals surface area contributed by atoms with Gasteiger partial charge in [-0.15, -0.1) is 0 Å². The lowest BCUT2D eigenvalue weighted by Crippen LogP contribution is -2.44. The minimum atomic E-state index is 0.502. The standard InChI is InChI=1S/C16H25N3O/c1-20-8-14-13(7-17)18-16(19-14)15-11-3-9-2-10(5-11)6-12(15)4-9/h9-12,15H,2-8,17H2,1H3,(H,18,19). The van der Waals surface area contributed by atoms with Gasteiger partial charge >= 0.3 is 0 Å². The van der Waals surface area contributed by atoms with Crippen LogP contribution < -0.4 is 5.73 Å². The summed E-state index contributed by atoms with van der Waals surface area (Å²) < 4.78 is 5.26. The van der Waals surface area contributed by atoms with Crippen molar-refractivity contribution in [1.82, 2.24) is 9.97 Å². The topological polar surface area (TPSA) is 63.9 Å². The third-order valence-electron chi connectivity index (χ3n) is 5.91. The Morgan fingerprint density at radius 1 is 1.15 bits per heavy atom. The van der Waals surface area contributed by atoms with Crippen molar-refractivity contribution in [3.63, 3.8) is 0 Å². The fourth-order valence-corrected chi connectivity index (χ4v) is 5.43. The summed E-state index contributed by atoms with van der Waals surface area (Å²) in [6.45, 7) is 1.09. The summed E-state index contributed by atoms with van der Waals surface area (Å²) >= 11 is 0. The van der Waals surface area contributed by atoms with Crippen LogP contribution >= 0.6 is 0 Å². The zero-order valence-corrected chi connectivity index (χ0v) is 12.3. The van der Waals surface area contributed by atoms with Gasteiger partial charge in [0.05, 0.1) is 18.0 Å². The zero-order valence-electron chi connectivity index (χ0n) is 12.3. The first kappa shape index (κ1) is 12.8. The van der Waals surface area contributed by atoms with E-state index in [1.54, 1.807) is 7.11 Å². The molecule has 0 radical (unpaired) electrons. The normalized spacial score (nSPS) is 38.6. The Hall–Kier alpha value is -0.870. The van der Waals surface area contributed by atoms with Crippen LogP contribution in [0, 0.1) is 23.7 Å². The van der Waals surface area contributed by atoms with Gasteiger partial charge in [0.2, 0.25) is 0 Å². The quantitative estimate of drug-likeness (QED) is 0.887. The van der Waals surface area contributed by atoms with Crippen LogP contribution in [0.5, 0.6) is 0 Å². The van der Waals surface area contributed by atoms with Gasteiger partial charge in [0, 0.05) is 19.6 Å². The van der Waals surface area contributed by atoms with Gasteiger partial charge in [0.25, 0.3) is 0 Å². The van der Waals surface area contributed by atoms with Crippen molar-refractivity contribution in [3.8, 4) is 0 Å². The summed E-state index contributed by atoms with van der Waals surface area (Å²) in [5.74, 6) is 5.59. The maximum atomic E-state index is 5.83. The number of aromatic nitrogens is 2. The number of nitrogens with zero attached hydrogens (tertiary/aromatic N) is 1. The van der Waals surface area contributed by atoms with Gasteiger partial charge in [-0.05, 0) is 55.8 Å². The number of hydrogen-bond donors (Lipinski definition) is 2. The molecule has 4 heteroatoms. The Balaban J connectivity index is 1.64. The number of H-pyrrole nitrogens is 1. The molecule has 0 aliphatic heterocycles. The van der Waals surface area contributed by atoms with Gasteiger partial charge in [-0.1, -0.05) is 0 Å². The molecule has 4 aliphatic rings. The molecule has 4 nitrogen and oxygen atoms in total. The van der Waals surface area contributed by atoms with E-state index in [1.165, 1.54) is 37.9 Å². The molecule has 0 aromatic carbocycles. The summed E-state index contributed by atoms with van der Waals surface area (Å²) in [6.07, 6.45) is 7.21. The Morgan fingerprint density at radius 3 is 2.35 bits per heavy atom. The molecule has 0 saturated heterocycles. The van der Waals surface area contributed by atoms with Gasteiger partial charge < -0.3 is 15.5 Å². The lowest BCUT2D eigenvalue weighted by Gasteiger charge is -2.53. The minimum Gasteiger partial charge on any atom is -0.378 e. The van der Waals surface area contributed by atoms with E-state index in [1.807, 2.05) is 0 Å². The minimum absolute atomic E-state index is 0.502. The number of hydrogen-bond acceptors (Lipinski definition) is 3. The van der Waals surface area contributed by atoms with E-state index in [0.29, 0.717) is 19.1 Å². The molecule has 20 heavy (non-hydrogen) atoms. The van der Waals surface area contributed by atoms with Crippen LogP contribution in [-0.4, -0.2) is 17.1 Å². The summed E-state index contributed by atoms with van der Waals surface area (Å²) in [5.41, 5.74) is 7.91. The second kappa shape index (κ2) is 4.85. The van der Waals surface area contributed by atoms with Crippen LogP contribution in [0.25, 0.3) is 0 Å². The highest BCUT2D eigenvalue weighted by molar-refractivity contribution is 5.19. The van der Waals surface area contributed by atoms with Crippen LogP contribution in [0.4, 0.5) is 0 Å². The predicted molar refractivity (Wildman–Crippen MR) is 77.0 cm³/mol. The average molecular weight is 275 g/mol. The second-order valence-corrected chi connectivity index (χ2v) is 7.14. The highest BCUT2D eigenvalue weighted by atomic mass is 16.5. The lowest BCUT2D eigenvalue weighted by atomic mass is 9.52. The van der Waals surface area contributed by atoms with Crippen molar-refractivity contribution in [2.24, 2.45) is 29.4 Å². The van der Waals surface area contributed by atoms with Gasteiger partial charge in [-0.25, -0.2) is 4.98 Å². The highest BCUT2D eigenvalue weighted by Gasteiger charge is 2.49. The molecule has 110 valence electrons. The number of nitrogens with two attached hydrogens (primary N) is 1. The maximum Gasteiger partial charge on any atom is 0.110 e. The van der Waals surface area contributed by atoms with Gasteiger partial charge in [-0.2, -0.15) is 0 Å². The molecule has 0 unspecified atom stereocenters. The monoisotopic (exact) mass is 275 g/mol. The molecule has 4 saturated carbocycles. The first-order chi connectivity index (χ1) is 9.78. The molecule has 1 aromatic rings. The molecule has 3 N–H and O–H groups in total. The highest BCUT2D eigenvalue weighted by Crippen LogP contribution is 2.59. The number of imidazole rings is 1. The smallest absolute Gasteiger partial charge is 0.110 e. The zero-order chi connectivity index (χ0) is 13.7. The molecular weight excluding hydrogens is 250 g/mol. The van der Waals surface area contributed by atoms with E-state index < -0.39 is 0 Å². The van der Waals surface area contributed by atoms with Crippen molar-refractivity contribution in [2.75, 3.05) is 7.11 Å². The first-order valence-electron chi connectivity index (χ1n) is 8.05. The van der Waals surface area contributed by atoms with Crippen LogP contribution in [-0.2, 0) is 17.9 Å². The molecule has 4 aliphatic carbocycles. The number of rotatable bonds is 4. The number of aromatic amines is 1. The van der Waals surface area contributed by atoms with E-state index in [-0.39, 0.29) is 0 Å². The Morgan fingerprint density at radius 2 is 1.80 bits per heavy atom. The van der Waals surface area contributed by atoms with Crippen LogP contribution in [0.15, 0.2) is 0 Å². The predicted octanol–water partition coefficient (Wildman–Crippen LogP) is 2.55. The van der Waals surface area contributed by atoms with E-state index in [9.17, 15) is 0 Å². The Labute approximate surface area is 120 Å². The van der Waals surface area contributed by atoms with E-state index in [0.717, 1.165) is 35.1 Å². The van der Waals surface area contributed by atoms with Crippen molar-refractivity contribution < 1.29 is 4.74 Å². The van der Waals surface area contributed by atoms with Crippen molar-refractivity contribution >= 4 is 0 Å². The van der Waals surface area contributed by atoms with Crippen LogP contribution in [0.3, 0.4) is 0 Å². The van der Waals surface area contributed by atoms with E-state index >= 15 is 0 Å². The largest absolute Gasteiger partial charge is 0.378 e.